The van der Waals surface area contributed by atoms with E-state index in [4.69, 9.17) is 5.73 Å². The topological polar surface area (TPSA) is 41.6 Å². The number of benzene rings is 1. The summed E-state index contributed by atoms with van der Waals surface area (Å²) >= 11 is 1.87. The summed E-state index contributed by atoms with van der Waals surface area (Å²) in [6, 6.07) is 3.35. The second kappa shape index (κ2) is 6.04. The number of halogens is 2. The smallest absolute Gasteiger partial charge is 0.191 e. The first-order valence-corrected chi connectivity index (χ1v) is 6.89. The molecule has 0 unspecified atom stereocenters. The minimum absolute atomic E-state index is 0.0685. The van der Waals surface area contributed by atoms with E-state index in [9.17, 15) is 8.78 Å². The zero-order valence-corrected chi connectivity index (χ0v) is 10.7. The predicted octanol–water partition coefficient (Wildman–Crippen LogP) is 1.83. The highest BCUT2D eigenvalue weighted by atomic mass is 32.2. The molecule has 3 nitrogen and oxygen atoms in total. The molecule has 1 aliphatic heterocycles. The fraction of sp³-hybridized carbons (Fsp3) is 0.417. The van der Waals surface area contributed by atoms with E-state index in [-0.39, 0.29) is 12.1 Å². The molecular weight excluding hydrogens is 256 g/mol. The van der Waals surface area contributed by atoms with Gasteiger partial charge in [0.1, 0.15) is 11.6 Å². The van der Waals surface area contributed by atoms with Gasteiger partial charge in [-0.15, -0.1) is 0 Å². The normalized spacial score (nSPS) is 17.0. The van der Waals surface area contributed by atoms with Crippen LogP contribution in [0.15, 0.2) is 23.2 Å². The van der Waals surface area contributed by atoms with Gasteiger partial charge < -0.3 is 10.6 Å². The van der Waals surface area contributed by atoms with Gasteiger partial charge >= 0.3 is 0 Å². The van der Waals surface area contributed by atoms with E-state index < -0.39 is 11.6 Å². The lowest BCUT2D eigenvalue weighted by Crippen LogP contribution is -2.42. The highest BCUT2D eigenvalue weighted by Crippen LogP contribution is 2.12. The summed E-state index contributed by atoms with van der Waals surface area (Å²) in [5.41, 5.74) is 6.06. The minimum atomic E-state index is -0.463. The SMILES string of the molecule is NC(=NCc1cc(F)ccc1F)N1CCSCC1. The van der Waals surface area contributed by atoms with Crippen LogP contribution in [0.1, 0.15) is 5.56 Å². The fourth-order valence-electron chi connectivity index (χ4n) is 1.72. The first kappa shape index (κ1) is 13.1. The Morgan fingerprint density at radius 1 is 1.33 bits per heavy atom. The number of rotatable bonds is 2. The number of nitrogens with two attached hydrogens (primary N) is 1. The summed E-state index contributed by atoms with van der Waals surface area (Å²) in [7, 11) is 0. The number of guanidine groups is 1. The van der Waals surface area contributed by atoms with Gasteiger partial charge in [-0.05, 0) is 18.2 Å². The summed E-state index contributed by atoms with van der Waals surface area (Å²) in [4.78, 5) is 6.09. The van der Waals surface area contributed by atoms with Crippen molar-refractivity contribution < 1.29 is 8.78 Å². The van der Waals surface area contributed by atoms with Crippen molar-refractivity contribution in [2.45, 2.75) is 6.54 Å². The van der Waals surface area contributed by atoms with Crippen molar-refractivity contribution in [2.24, 2.45) is 10.7 Å². The average Bonchev–Trinajstić information content (AvgIpc) is 2.40. The Hall–Kier alpha value is -1.30. The summed E-state index contributed by atoms with van der Waals surface area (Å²) in [5, 5.41) is 0. The molecule has 1 aromatic rings. The molecule has 18 heavy (non-hydrogen) atoms. The van der Waals surface area contributed by atoms with Gasteiger partial charge in [-0.3, -0.25) is 0 Å². The first-order valence-electron chi connectivity index (χ1n) is 5.73. The maximum Gasteiger partial charge on any atom is 0.191 e. The first-order chi connectivity index (χ1) is 8.66. The molecule has 0 bridgehead atoms. The summed E-state index contributed by atoms with van der Waals surface area (Å²) in [6.07, 6.45) is 0. The number of aliphatic imine (C=N–C) groups is 1. The van der Waals surface area contributed by atoms with E-state index in [1.165, 1.54) is 0 Å². The van der Waals surface area contributed by atoms with Crippen LogP contribution in [0.25, 0.3) is 0 Å². The van der Waals surface area contributed by atoms with Gasteiger partial charge in [0, 0.05) is 30.2 Å². The molecule has 1 saturated heterocycles. The third-order valence-corrected chi connectivity index (χ3v) is 3.70. The van der Waals surface area contributed by atoms with Crippen LogP contribution in [0.5, 0.6) is 0 Å². The van der Waals surface area contributed by atoms with Crippen molar-refractivity contribution in [2.75, 3.05) is 24.6 Å². The summed E-state index contributed by atoms with van der Waals surface area (Å²) in [5.74, 6) is 1.52. The molecule has 1 fully saturated rings. The van der Waals surface area contributed by atoms with E-state index in [2.05, 4.69) is 4.99 Å². The maximum absolute atomic E-state index is 13.4. The van der Waals surface area contributed by atoms with Crippen molar-refractivity contribution in [3.63, 3.8) is 0 Å². The van der Waals surface area contributed by atoms with Gasteiger partial charge in [0.25, 0.3) is 0 Å². The average molecular weight is 271 g/mol. The molecule has 1 heterocycles. The molecule has 98 valence electrons. The molecular formula is C12H15F2N3S. The van der Waals surface area contributed by atoms with Crippen LogP contribution in [-0.2, 0) is 6.54 Å². The molecule has 0 aromatic heterocycles. The Balaban J connectivity index is 2.02. The standard InChI is InChI=1S/C12H15F2N3S/c13-10-1-2-11(14)9(7-10)8-16-12(15)17-3-5-18-6-4-17/h1-2,7H,3-6,8H2,(H2,15,16). The zero-order chi connectivity index (χ0) is 13.0. The van der Waals surface area contributed by atoms with Gasteiger partial charge in [-0.25, -0.2) is 13.8 Å². The van der Waals surface area contributed by atoms with Crippen molar-refractivity contribution in [3.8, 4) is 0 Å². The molecule has 0 saturated carbocycles. The Bertz CT molecular complexity index is 445. The molecule has 2 N–H and O–H groups in total. The van der Waals surface area contributed by atoms with Gasteiger partial charge in [0.2, 0.25) is 0 Å². The van der Waals surface area contributed by atoms with Crippen LogP contribution < -0.4 is 5.73 Å². The Morgan fingerprint density at radius 2 is 2.06 bits per heavy atom. The molecule has 2 rings (SSSR count). The number of nitrogens with zero attached hydrogens (tertiary/aromatic N) is 2. The third-order valence-electron chi connectivity index (χ3n) is 2.75. The highest BCUT2D eigenvalue weighted by Gasteiger charge is 2.12. The summed E-state index contributed by atoms with van der Waals surface area (Å²) < 4.78 is 26.3. The zero-order valence-electron chi connectivity index (χ0n) is 9.90. The van der Waals surface area contributed by atoms with E-state index >= 15 is 0 Å². The quantitative estimate of drug-likeness (QED) is 0.659. The lowest BCUT2D eigenvalue weighted by molar-refractivity contribution is 0.455. The van der Waals surface area contributed by atoms with Crippen LogP contribution in [0.4, 0.5) is 8.78 Å². The van der Waals surface area contributed by atoms with Crippen LogP contribution in [0.2, 0.25) is 0 Å². The van der Waals surface area contributed by atoms with Gasteiger partial charge in [0.15, 0.2) is 5.96 Å². The molecule has 1 aliphatic rings. The third kappa shape index (κ3) is 3.35. The molecule has 0 radical (unpaired) electrons. The number of thioether (sulfide) groups is 1. The molecule has 0 spiro atoms. The largest absolute Gasteiger partial charge is 0.370 e. The molecule has 0 amide bonds. The molecule has 0 aliphatic carbocycles. The molecule has 6 heteroatoms. The number of hydrogen-bond acceptors (Lipinski definition) is 2. The highest BCUT2D eigenvalue weighted by molar-refractivity contribution is 7.99. The minimum Gasteiger partial charge on any atom is -0.370 e. The van der Waals surface area contributed by atoms with Crippen molar-refractivity contribution in [1.82, 2.24) is 4.90 Å². The van der Waals surface area contributed by atoms with E-state index in [0.29, 0.717) is 5.96 Å². The van der Waals surface area contributed by atoms with Crippen molar-refractivity contribution in [1.29, 1.82) is 0 Å². The predicted molar refractivity (Wildman–Crippen MR) is 70.6 cm³/mol. The van der Waals surface area contributed by atoms with Gasteiger partial charge in [0.05, 0.1) is 6.54 Å². The van der Waals surface area contributed by atoms with Crippen LogP contribution in [0.3, 0.4) is 0 Å². The Morgan fingerprint density at radius 3 is 2.78 bits per heavy atom. The van der Waals surface area contributed by atoms with Crippen molar-refractivity contribution >= 4 is 17.7 Å². The fourth-order valence-corrected chi connectivity index (χ4v) is 2.63. The van der Waals surface area contributed by atoms with Gasteiger partial charge in [-0.1, -0.05) is 0 Å². The monoisotopic (exact) mass is 271 g/mol. The van der Waals surface area contributed by atoms with E-state index in [1.807, 2.05) is 16.7 Å². The van der Waals surface area contributed by atoms with Crippen LogP contribution in [-0.4, -0.2) is 35.5 Å². The van der Waals surface area contributed by atoms with E-state index in [0.717, 1.165) is 42.8 Å². The van der Waals surface area contributed by atoms with Crippen LogP contribution in [0, 0.1) is 11.6 Å². The van der Waals surface area contributed by atoms with E-state index in [1.54, 1.807) is 0 Å². The lowest BCUT2D eigenvalue weighted by Gasteiger charge is -2.27. The number of hydrogen-bond donors (Lipinski definition) is 1. The molecule has 0 atom stereocenters. The summed E-state index contributed by atoms with van der Waals surface area (Å²) in [6.45, 7) is 1.77. The maximum atomic E-state index is 13.4. The second-order valence-electron chi connectivity index (χ2n) is 4.01. The second-order valence-corrected chi connectivity index (χ2v) is 5.23. The molecule has 1 aromatic carbocycles. The Kier molecular flexibility index (Phi) is 4.41. The van der Waals surface area contributed by atoms with Gasteiger partial charge in [-0.2, -0.15) is 11.8 Å². The Labute approximate surface area is 109 Å². The lowest BCUT2D eigenvalue weighted by atomic mass is 10.2. The van der Waals surface area contributed by atoms with Crippen molar-refractivity contribution in [3.05, 3.63) is 35.4 Å². The van der Waals surface area contributed by atoms with Crippen LogP contribution >= 0.6 is 11.8 Å².